The molecule has 3 rings (SSSR count). The second-order valence-corrected chi connectivity index (χ2v) is 5.21. The minimum absolute atomic E-state index is 0.220. The maximum Gasteiger partial charge on any atom is 0.416 e. The average molecular weight is 327 g/mol. The molecule has 1 heterocycles. The van der Waals surface area contributed by atoms with Gasteiger partial charge in [-0.15, -0.1) is 0 Å². The third-order valence-corrected chi connectivity index (χ3v) is 3.62. The lowest BCUT2D eigenvalue weighted by molar-refractivity contribution is -0.137. The molecule has 0 aliphatic carbocycles. The topological polar surface area (TPSA) is 22.0 Å². The number of rotatable bonds is 2. The second-order valence-electron chi connectivity index (χ2n) is 5.21. The number of fused-ring (bicyclic) bond motifs is 1. The normalized spacial score (nSPS) is 11.1. The first-order valence-electron chi connectivity index (χ1n) is 7.18. The predicted molar refractivity (Wildman–Crippen MR) is 85.6 cm³/mol. The van der Waals surface area contributed by atoms with E-state index in [9.17, 15) is 18.0 Å². The fourth-order valence-electron chi connectivity index (χ4n) is 2.50. The zero-order valence-electron chi connectivity index (χ0n) is 12.5. The van der Waals surface area contributed by atoms with Gasteiger partial charge in [0.1, 0.15) is 0 Å². The molecule has 0 N–H and O–H groups in total. The van der Waals surface area contributed by atoms with Gasteiger partial charge in [-0.3, -0.25) is 4.79 Å². The van der Waals surface area contributed by atoms with Crippen LogP contribution in [0.4, 0.5) is 13.2 Å². The summed E-state index contributed by atoms with van der Waals surface area (Å²) in [5.41, 5.74) is 0.899. The fraction of sp³-hybridized carbons (Fsp3) is 0.105. The van der Waals surface area contributed by atoms with E-state index in [-0.39, 0.29) is 12.1 Å². The molecule has 0 radical (unpaired) electrons. The van der Waals surface area contributed by atoms with Crippen LogP contribution in [0.5, 0.6) is 0 Å². The number of carbonyl (C=O) groups is 1. The zero-order valence-corrected chi connectivity index (χ0v) is 12.5. The van der Waals surface area contributed by atoms with Gasteiger partial charge in [-0.1, -0.05) is 36.1 Å². The van der Waals surface area contributed by atoms with Gasteiger partial charge >= 0.3 is 6.18 Å². The summed E-state index contributed by atoms with van der Waals surface area (Å²) < 4.78 is 39.8. The number of nitrogens with zero attached hydrogens (tertiary/aromatic N) is 1. The lowest BCUT2D eigenvalue weighted by Crippen LogP contribution is -2.04. The quantitative estimate of drug-likeness (QED) is 0.501. The van der Waals surface area contributed by atoms with Gasteiger partial charge in [0.25, 0.3) is 0 Å². The molecule has 0 saturated carbocycles. The van der Waals surface area contributed by atoms with Crippen molar-refractivity contribution in [1.82, 2.24) is 4.57 Å². The molecule has 24 heavy (non-hydrogen) atoms. The number of para-hydroxylation sites is 1. The van der Waals surface area contributed by atoms with Crippen molar-refractivity contribution in [2.45, 2.75) is 12.7 Å². The summed E-state index contributed by atoms with van der Waals surface area (Å²) in [6.45, 7) is 0.220. The first kappa shape index (κ1) is 15.9. The molecule has 3 aromatic rings. The van der Waals surface area contributed by atoms with Crippen LogP contribution in [0.1, 0.15) is 21.6 Å². The molecule has 0 unspecified atom stereocenters. The highest BCUT2D eigenvalue weighted by molar-refractivity contribution is 5.89. The van der Waals surface area contributed by atoms with E-state index in [1.54, 1.807) is 10.6 Å². The molecule has 2 aromatic carbocycles. The molecule has 0 fully saturated rings. The summed E-state index contributed by atoms with van der Waals surface area (Å²) in [6.07, 6.45) is -3.65. The predicted octanol–water partition coefficient (Wildman–Crippen LogP) is 4.52. The van der Waals surface area contributed by atoms with Gasteiger partial charge < -0.3 is 4.57 Å². The Hall–Kier alpha value is -3.00. The fourth-order valence-corrected chi connectivity index (χ4v) is 2.50. The molecular weight excluding hydrogens is 315 g/mol. The molecule has 5 heteroatoms. The molecule has 0 aliphatic rings. The van der Waals surface area contributed by atoms with E-state index in [0.717, 1.165) is 29.3 Å². The van der Waals surface area contributed by atoms with Gasteiger partial charge in [0, 0.05) is 16.5 Å². The van der Waals surface area contributed by atoms with Crippen molar-refractivity contribution in [1.29, 1.82) is 0 Å². The van der Waals surface area contributed by atoms with Crippen LogP contribution in [-0.2, 0) is 12.7 Å². The van der Waals surface area contributed by atoms with E-state index in [2.05, 4.69) is 11.8 Å². The Morgan fingerprint density at radius 3 is 2.58 bits per heavy atom. The van der Waals surface area contributed by atoms with Gasteiger partial charge in [0.15, 0.2) is 6.29 Å². The maximum atomic E-state index is 12.7. The standard InChI is InChI=1S/C19H12F3NO/c20-19(21,22)16-8-3-5-14(11-16)6-4-10-23-17(13-24)12-15-7-1-2-9-18(15)23/h1-3,5,7-9,11-13H,10H2. The van der Waals surface area contributed by atoms with E-state index in [1.807, 2.05) is 24.3 Å². The number of hydrogen-bond donors (Lipinski definition) is 0. The SMILES string of the molecule is O=Cc1cc2ccccc2n1CC#Cc1cccc(C(F)(F)F)c1. The summed E-state index contributed by atoms with van der Waals surface area (Å²) in [6, 6.07) is 14.1. The smallest absolute Gasteiger partial charge is 0.326 e. The van der Waals surface area contributed by atoms with Crippen LogP contribution < -0.4 is 0 Å². The van der Waals surface area contributed by atoms with Crippen molar-refractivity contribution in [2.75, 3.05) is 0 Å². The second kappa shape index (κ2) is 6.25. The Morgan fingerprint density at radius 1 is 1.04 bits per heavy atom. The van der Waals surface area contributed by atoms with E-state index in [0.29, 0.717) is 5.69 Å². The Kier molecular flexibility index (Phi) is 4.13. The number of aldehydes is 1. The molecule has 2 nitrogen and oxygen atoms in total. The van der Waals surface area contributed by atoms with Crippen molar-refractivity contribution in [3.8, 4) is 11.8 Å². The number of benzene rings is 2. The van der Waals surface area contributed by atoms with Gasteiger partial charge in [0.2, 0.25) is 0 Å². The van der Waals surface area contributed by atoms with Crippen molar-refractivity contribution in [3.05, 3.63) is 71.4 Å². The largest absolute Gasteiger partial charge is 0.416 e. The third kappa shape index (κ3) is 3.18. The van der Waals surface area contributed by atoms with Crippen molar-refractivity contribution >= 4 is 17.2 Å². The van der Waals surface area contributed by atoms with Crippen LogP contribution in [0.2, 0.25) is 0 Å². The first-order valence-corrected chi connectivity index (χ1v) is 7.18. The summed E-state index contributed by atoms with van der Waals surface area (Å²) in [5, 5.41) is 0.917. The van der Waals surface area contributed by atoms with E-state index in [4.69, 9.17) is 0 Å². The van der Waals surface area contributed by atoms with Crippen LogP contribution in [0.3, 0.4) is 0 Å². The number of aromatic nitrogens is 1. The monoisotopic (exact) mass is 327 g/mol. The van der Waals surface area contributed by atoms with Crippen molar-refractivity contribution in [2.24, 2.45) is 0 Å². The van der Waals surface area contributed by atoms with Gasteiger partial charge in [0.05, 0.1) is 17.8 Å². The van der Waals surface area contributed by atoms with Crippen LogP contribution in [-0.4, -0.2) is 10.9 Å². The van der Waals surface area contributed by atoms with Crippen LogP contribution >= 0.6 is 0 Å². The molecular formula is C19H12F3NO. The maximum absolute atomic E-state index is 12.7. The van der Waals surface area contributed by atoms with Crippen molar-refractivity contribution < 1.29 is 18.0 Å². The van der Waals surface area contributed by atoms with Crippen LogP contribution in [0.15, 0.2) is 54.6 Å². The molecule has 120 valence electrons. The van der Waals surface area contributed by atoms with Gasteiger partial charge in [-0.25, -0.2) is 0 Å². The highest BCUT2D eigenvalue weighted by Crippen LogP contribution is 2.29. The molecule has 0 aliphatic heterocycles. The number of alkyl halides is 3. The third-order valence-electron chi connectivity index (χ3n) is 3.62. The molecule has 1 aromatic heterocycles. The number of carbonyl (C=O) groups excluding carboxylic acids is 1. The van der Waals surface area contributed by atoms with Crippen molar-refractivity contribution in [3.63, 3.8) is 0 Å². The van der Waals surface area contributed by atoms with E-state index < -0.39 is 11.7 Å². The molecule has 0 atom stereocenters. The number of halogens is 3. The minimum atomic E-state index is -4.39. The summed E-state index contributed by atoms with van der Waals surface area (Å²) in [7, 11) is 0. The number of hydrogen-bond acceptors (Lipinski definition) is 1. The summed E-state index contributed by atoms with van der Waals surface area (Å²) in [4.78, 5) is 11.2. The Balaban J connectivity index is 1.90. The van der Waals surface area contributed by atoms with Gasteiger partial charge in [-0.2, -0.15) is 13.2 Å². The molecule has 0 amide bonds. The Labute approximate surface area is 136 Å². The Morgan fingerprint density at radius 2 is 1.83 bits per heavy atom. The highest BCUT2D eigenvalue weighted by Gasteiger charge is 2.30. The van der Waals surface area contributed by atoms with Crippen LogP contribution in [0, 0.1) is 11.8 Å². The summed E-state index contributed by atoms with van der Waals surface area (Å²) in [5.74, 6) is 5.56. The average Bonchev–Trinajstić information content (AvgIpc) is 2.92. The molecule has 0 saturated heterocycles. The highest BCUT2D eigenvalue weighted by atomic mass is 19.4. The molecule has 0 bridgehead atoms. The summed E-state index contributed by atoms with van der Waals surface area (Å²) >= 11 is 0. The lowest BCUT2D eigenvalue weighted by Gasteiger charge is -2.06. The zero-order chi connectivity index (χ0) is 17.2. The minimum Gasteiger partial charge on any atom is -0.326 e. The van der Waals surface area contributed by atoms with E-state index in [1.165, 1.54) is 12.1 Å². The van der Waals surface area contributed by atoms with E-state index >= 15 is 0 Å². The first-order chi connectivity index (χ1) is 11.5. The molecule has 0 spiro atoms. The van der Waals surface area contributed by atoms with Crippen LogP contribution in [0.25, 0.3) is 10.9 Å². The lowest BCUT2D eigenvalue weighted by atomic mass is 10.1. The van der Waals surface area contributed by atoms with Gasteiger partial charge in [-0.05, 0) is 30.3 Å². The Bertz CT molecular complexity index is 958.